The molecule has 2 aromatic carbocycles. The number of amides is 2. The zero-order valence-corrected chi connectivity index (χ0v) is 40.5. The number of rotatable bonds is 12. The summed E-state index contributed by atoms with van der Waals surface area (Å²) in [5, 5.41) is 0.515. The number of halogens is 4. The van der Waals surface area contributed by atoms with E-state index in [1.165, 1.54) is 24.1 Å². The zero-order valence-electron chi connectivity index (χ0n) is 39.7. The molecule has 2 amide bonds. The fraction of sp³-hybridized carbons (Fsp3) is 0.580. The van der Waals surface area contributed by atoms with Crippen molar-refractivity contribution in [3.63, 3.8) is 0 Å². The summed E-state index contributed by atoms with van der Waals surface area (Å²) in [5.41, 5.74) is -3.18. The van der Waals surface area contributed by atoms with Crippen LogP contribution in [0.15, 0.2) is 54.6 Å². The second kappa shape index (κ2) is 18.9. The molecule has 4 aliphatic rings. The SMILES string of the molecule is COc1ccc2c(O[C@@H]3C[C@H]4C(=O)C[C@]5(C(=O)NS(=O)(=O)C6(C)CC6)C[C@H]5/C=C\CC[C@@H](C)C[C@@H](C)[C@H](CC(=O)OC(C)(C)C(F)(F)F)C(=O)N4C3)cc(-c3ccc(OC(C)C)c(F)c3)nc2c1. The summed E-state index contributed by atoms with van der Waals surface area (Å²) in [4.78, 5) is 63.7. The van der Waals surface area contributed by atoms with E-state index in [1.807, 2.05) is 19.1 Å². The molecule has 1 N–H and O–H groups in total. The third kappa shape index (κ3) is 10.6. The molecule has 13 nitrogen and oxygen atoms in total. The Kier molecular flexibility index (Phi) is 14.1. The van der Waals surface area contributed by atoms with Gasteiger partial charge in [-0.1, -0.05) is 26.0 Å². The number of alkyl halides is 3. The first-order valence-electron chi connectivity index (χ1n) is 23.2. The Morgan fingerprint density at radius 1 is 1.01 bits per heavy atom. The number of hydrogen-bond acceptors (Lipinski definition) is 11. The second-order valence-electron chi connectivity index (χ2n) is 20.3. The van der Waals surface area contributed by atoms with Crippen LogP contribution in [0, 0.1) is 34.9 Å². The molecule has 0 radical (unpaired) electrons. The topological polar surface area (TPSA) is 168 Å². The molecule has 0 spiro atoms. The Bertz CT molecular complexity index is 2600. The van der Waals surface area contributed by atoms with Crippen LogP contribution in [0.3, 0.4) is 0 Å². The van der Waals surface area contributed by atoms with Gasteiger partial charge in [0.1, 0.15) is 17.6 Å². The van der Waals surface area contributed by atoms with E-state index in [1.54, 1.807) is 58.0 Å². The van der Waals surface area contributed by atoms with Gasteiger partial charge in [-0.3, -0.25) is 23.9 Å². The van der Waals surface area contributed by atoms with Gasteiger partial charge in [0.05, 0.1) is 59.5 Å². The van der Waals surface area contributed by atoms with Crippen molar-refractivity contribution in [1.29, 1.82) is 0 Å². The Morgan fingerprint density at radius 3 is 2.38 bits per heavy atom. The highest BCUT2D eigenvalue weighted by molar-refractivity contribution is 7.91. The van der Waals surface area contributed by atoms with Crippen molar-refractivity contribution >= 4 is 44.5 Å². The molecule has 0 bridgehead atoms. The van der Waals surface area contributed by atoms with Gasteiger partial charge in [-0.05, 0) is 121 Å². The monoisotopic (exact) mass is 971 g/mol. The van der Waals surface area contributed by atoms with E-state index in [4.69, 9.17) is 23.9 Å². The molecule has 1 saturated heterocycles. The number of carbonyl (C=O) groups is 4. The first-order chi connectivity index (χ1) is 31.8. The molecular formula is C50H61F4N3O10S. The minimum atomic E-state index is -4.90. The number of aromatic nitrogens is 1. The number of esters is 1. The summed E-state index contributed by atoms with van der Waals surface area (Å²) < 4.78 is 108. The van der Waals surface area contributed by atoms with Crippen molar-refractivity contribution in [2.75, 3.05) is 13.7 Å². The smallest absolute Gasteiger partial charge is 0.427 e. The van der Waals surface area contributed by atoms with Crippen molar-refractivity contribution in [1.82, 2.24) is 14.6 Å². The van der Waals surface area contributed by atoms with Gasteiger partial charge in [0.25, 0.3) is 0 Å². The summed E-state index contributed by atoms with van der Waals surface area (Å²) in [6, 6.07) is 9.87. The Morgan fingerprint density at radius 2 is 1.74 bits per heavy atom. The Balaban J connectivity index is 1.27. The van der Waals surface area contributed by atoms with E-state index >= 15 is 9.18 Å². The van der Waals surface area contributed by atoms with E-state index in [0.29, 0.717) is 60.0 Å². The van der Waals surface area contributed by atoms with Crippen molar-refractivity contribution < 1.29 is 64.1 Å². The van der Waals surface area contributed by atoms with Crippen LogP contribution >= 0.6 is 0 Å². The van der Waals surface area contributed by atoms with Gasteiger partial charge < -0.3 is 23.8 Å². The molecule has 1 aromatic heterocycles. The van der Waals surface area contributed by atoms with Gasteiger partial charge in [0.2, 0.25) is 27.4 Å². The third-order valence-electron chi connectivity index (χ3n) is 14.1. The molecule has 2 aliphatic heterocycles. The molecule has 7 rings (SSSR count). The van der Waals surface area contributed by atoms with E-state index in [-0.39, 0.29) is 42.9 Å². The Labute approximate surface area is 394 Å². The van der Waals surface area contributed by atoms with Gasteiger partial charge in [0.15, 0.2) is 17.3 Å². The summed E-state index contributed by atoms with van der Waals surface area (Å²) in [6.45, 7) is 10.0. The van der Waals surface area contributed by atoms with E-state index in [0.717, 1.165) is 13.8 Å². The number of carbonyl (C=O) groups excluding carboxylic acids is 4. The number of pyridine rings is 1. The first kappa shape index (κ1) is 50.6. The predicted octanol–water partition coefficient (Wildman–Crippen LogP) is 9.05. The van der Waals surface area contributed by atoms with Gasteiger partial charge in [-0.2, -0.15) is 13.2 Å². The molecule has 68 heavy (non-hydrogen) atoms. The highest BCUT2D eigenvalue weighted by Crippen LogP contribution is 2.58. The average Bonchev–Trinajstić information content (AvgIpc) is 4.13. The number of benzene rings is 2. The molecule has 370 valence electrons. The molecule has 7 atom stereocenters. The summed E-state index contributed by atoms with van der Waals surface area (Å²) in [5.74, 6) is -5.39. The lowest BCUT2D eigenvalue weighted by molar-refractivity contribution is -0.257. The van der Waals surface area contributed by atoms with Crippen molar-refractivity contribution in [3.05, 3.63) is 60.4 Å². The number of sulfonamides is 1. The number of nitrogens with zero attached hydrogens (tertiary/aromatic N) is 2. The summed E-state index contributed by atoms with van der Waals surface area (Å²) >= 11 is 0. The minimum absolute atomic E-state index is 0.0262. The fourth-order valence-electron chi connectivity index (χ4n) is 9.39. The van der Waals surface area contributed by atoms with Crippen LogP contribution in [0.25, 0.3) is 22.2 Å². The van der Waals surface area contributed by atoms with Crippen molar-refractivity contribution in [2.24, 2.45) is 29.1 Å². The summed E-state index contributed by atoms with van der Waals surface area (Å²) in [6.07, 6.45) is -1.06. The number of allylic oxidation sites excluding steroid dienone is 2. The lowest BCUT2D eigenvalue weighted by atomic mass is 9.82. The van der Waals surface area contributed by atoms with Gasteiger partial charge in [-0.15, -0.1) is 0 Å². The molecule has 3 fully saturated rings. The highest BCUT2D eigenvalue weighted by Gasteiger charge is 2.63. The quantitative estimate of drug-likeness (QED) is 0.105. The fourth-order valence-corrected chi connectivity index (χ4v) is 10.7. The number of methoxy groups -OCH3 is 1. The minimum Gasteiger partial charge on any atom is -0.497 e. The number of hydrogen-bond donors (Lipinski definition) is 1. The first-order valence-corrected chi connectivity index (χ1v) is 24.7. The number of fused-ring (bicyclic) bond motifs is 3. The van der Waals surface area contributed by atoms with Gasteiger partial charge >= 0.3 is 12.1 Å². The molecule has 2 aliphatic carbocycles. The maximum atomic E-state index is 15.4. The van der Waals surface area contributed by atoms with Crippen LogP contribution in [0.2, 0.25) is 0 Å². The van der Waals surface area contributed by atoms with E-state index < -0.39 is 104 Å². The van der Waals surface area contributed by atoms with E-state index in [2.05, 4.69) is 4.72 Å². The third-order valence-corrected chi connectivity index (χ3v) is 16.3. The lowest BCUT2D eigenvalue weighted by Crippen LogP contribution is -2.48. The largest absolute Gasteiger partial charge is 0.497 e. The number of Topliss-reactive ketones (excluding diaryl/α,β-unsaturated/α-hetero) is 1. The van der Waals surface area contributed by atoms with Crippen LogP contribution in [0.5, 0.6) is 17.2 Å². The zero-order chi connectivity index (χ0) is 49.7. The van der Waals surface area contributed by atoms with Crippen LogP contribution in [0.4, 0.5) is 17.6 Å². The standard InChI is InChI=1S/C50H61F4N3O10S/c1-28(2)65-42-16-13-31(20-37(42)51)38-24-43(35-15-14-33(64-8)21-39(35)55-38)66-34-22-40-41(58)26-49(46(61)56-68(62,63)48(7)17-18-48)25-32(49)12-10-9-11-29(3)19-30(4)36(45(60)57(40)27-34)23-44(59)67-47(5,6)50(52,53)54/h10,12-16,20-21,24,28-30,32,34,36,40H,9,11,17-19,22-23,25-27H2,1-8H3,(H,56,61)/b12-10-/t29-,30-,32-,34-,36+,40+,49-/m1/s1. The molecule has 3 aromatic rings. The van der Waals surface area contributed by atoms with Crippen LogP contribution in [-0.2, 0) is 33.9 Å². The molecule has 3 heterocycles. The van der Waals surface area contributed by atoms with Crippen LogP contribution in [-0.4, -0.2) is 90.3 Å². The molecular weight excluding hydrogens is 911 g/mol. The average molecular weight is 972 g/mol. The molecule has 18 heteroatoms. The Hall–Kier alpha value is -5.26. The molecule has 2 saturated carbocycles. The van der Waals surface area contributed by atoms with Crippen molar-refractivity contribution in [3.8, 4) is 28.5 Å². The normalized spacial score (nSPS) is 27.0. The predicted molar refractivity (Wildman–Crippen MR) is 245 cm³/mol. The number of ketones is 1. The van der Waals surface area contributed by atoms with Crippen LogP contribution in [0.1, 0.15) is 106 Å². The summed E-state index contributed by atoms with van der Waals surface area (Å²) in [7, 11) is -2.59. The van der Waals surface area contributed by atoms with Gasteiger partial charge in [0, 0.05) is 35.9 Å². The maximum Gasteiger partial charge on any atom is 0.427 e. The van der Waals surface area contributed by atoms with E-state index in [9.17, 15) is 36.0 Å². The number of ether oxygens (including phenoxy) is 4. The molecule has 0 unspecified atom stereocenters. The highest BCUT2D eigenvalue weighted by atomic mass is 32.2. The number of nitrogens with one attached hydrogen (secondary N) is 1. The second-order valence-corrected chi connectivity index (χ2v) is 22.5. The lowest BCUT2D eigenvalue weighted by Gasteiger charge is -2.33. The van der Waals surface area contributed by atoms with Crippen molar-refractivity contribution in [2.45, 2.75) is 141 Å². The maximum absolute atomic E-state index is 15.4. The van der Waals surface area contributed by atoms with Crippen LogP contribution < -0.4 is 18.9 Å². The van der Waals surface area contributed by atoms with Gasteiger partial charge in [-0.25, -0.2) is 17.8 Å².